The standard InChI is InChI=1S/C31H39FN2O4/c1-19(2)18-34-13-14-38-27-12-9-20(16-25(27)32)15-24-23(17-28(36-3)31(37-4)30(24)33)29-22-8-6-5-7-21(22)10-11-26(29)35/h9-12,16-17,19,34-35H,5-8,13-15,18,33H2,1-4H3. The zero-order valence-electron chi connectivity index (χ0n) is 22.8. The predicted octanol–water partition coefficient (Wildman–Crippen LogP) is 5.89. The van der Waals surface area contributed by atoms with Crippen molar-refractivity contribution >= 4 is 5.69 Å². The number of phenolic OH excluding ortho intramolecular Hbond substituents is 1. The third-order valence-electron chi connectivity index (χ3n) is 7.06. The molecule has 0 heterocycles. The number of halogens is 1. The molecule has 0 atom stereocenters. The number of benzene rings is 3. The van der Waals surface area contributed by atoms with Gasteiger partial charge in [0, 0.05) is 18.5 Å². The van der Waals surface area contributed by atoms with Crippen molar-refractivity contribution in [3.63, 3.8) is 0 Å². The van der Waals surface area contributed by atoms with Crippen LogP contribution >= 0.6 is 0 Å². The van der Waals surface area contributed by atoms with Crippen LogP contribution in [0.5, 0.6) is 23.0 Å². The Balaban J connectivity index is 1.70. The van der Waals surface area contributed by atoms with Crippen LogP contribution in [0.2, 0.25) is 0 Å². The Morgan fingerprint density at radius 1 is 1.03 bits per heavy atom. The van der Waals surface area contributed by atoms with Gasteiger partial charge in [-0.05, 0) is 90.2 Å². The minimum atomic E-state index is -0.424. The van der Waals surface area contributed by atoms with Crippen molar-refractivity contribution in [2.24, 2.45) is 5.92 Å². The molecule has 0 aromatic heterocycles. The Bertz CT molecular complexity index is 1280. The van der Waals surface area contributed by atoms with Crippen molar-refractivity contribution in [2.75, 3.05) is 39.6 Å². The molecule has 3 aromatic rings. The first-order chi connectivity index (χ1) is 18.3. The number of ether oxygens (including phenoxy) is 3. The van der Waals surface area contributed by atoms with E-state index in [9.17, 15) is 5.11 Å². The number of hydrogen-bond acceptors (Lipinski definition) is 6. The van der Waals surface area contributed by atoms with Gasteiger partial charge in [0.15, 0.2) is 23.1 Å². The molecule has 0 bridgehead atoms. The van der Waals surface area contributed by atoms with Gasteiger partial charge in [0.1, 0.15) is 12.4 Å². The van der Waals surface area contributed by atoms with Crippen LogP contribution in [0.4, 0.5) is 10.1 Å². The lowest BCUT2D eigenvalue weighted by Crippen LogP contribution is -2.25. The molecule has 204 valence electrons. The van der Waals surface area contributed by atoms with Crippen molar-refractivity contribution in [3.05, 3.63) is 64.5 Å². The molecule has 3 aromatic carbocycles. The molecule has 0 amide bonds. The van der Waals surface area contributed by atoms with Crippen LogP contribution in [0.3, 0.4) is 0 Å². The molecule has 4 rings (SSSR count). The predicted molar refractivity (Wildman–Crippen MR) is 150 cm³/mol. The molecule has 38 heavy (non-hydrogen) atoms. The highest BCUT2D eigenvalue weighted by molar-refractivity contribution is 5.85. The number of aryl methyl sites for hydroxylation is 1. The van der Waals surface area contributed by atoms with E-state index in [0.717, 1.165) is 60.0 Å². The number of phenols is 1. The van der Waals surface area contributed by atoms with Crippen LogP contribution in [0.15, 0.2) is 36.4 Å². The molecule has 0 fully saturated rings. The zero-order chi connectivity index (χ0) is 27.2. The van der Waals surface area contributed by atoms with Gasteiger partial charge >= 0.3 is 0 Å². The van der Waals surface area contributed by atoms with Crippen LogP contribution in [0, 0.1) is 11.7 Å². The van der Waals surface area contributed by atoms with E-state index in [0.29, 0.717) is 42.7 Å². The lowest BCUT2D eigenvalue weighted by molar-refractivity contribution is 0.296. The monoisotopic (exact) mass is 522 g/mol. The molecule has 4 N–H and O–H groups in total. The summed E-state index contributed by atoms with van der Waals surface area (Å²) in [6, 6.07) is 10.6. The third-order valence-corrected chi connectivity index (χ3v) is 7.06. The number of hydrogen-bond donors (Lipinski definition) is 3. The molecule has 0 spiro atoms. The number of methoxy groups -OCH3 is 2. The molecule has 0 saturated heterocycles. The molecule has 7 heteroatoms. The summed E-state index contributed by atoms with van der Waals surface area (Å²) in [6.07, 6.45) is 4.37. The van der Waals surface area contributed by atoms with Crippen molar-refractivity contribution in [2.45, 2.75) is 46.0 Å². The van der Waals surface area contributed by atoms with Crippen molar-refractivity contribution in [3.8, 4) is 34.1 Å². The second-order valence-electron chi connectivity index (χ2n) is 10.2. The van der Waals surface area contributed by atoms with Gasteiger partial charge in [0.05, 0.1) is 19.9 Å². The smallest absolute Gasteiger partial charge is 0.184 e. The number of aromatic hydroxyl groups is 1. The van der Waals surface area contributed by atoms with Crippen LogP contribution in [0.25, 0.3) is 11.1 Å². The Labute approximate surface area is 224 Å². The molecule has 0 radical (unpaired) electrons. The van der Waals surface area contributed by atoms with Crippen LogP contribution in [0.1, 0.15) is 48.9 Å². The molecular weight excluding hydrogens is 483 g/mol. The SMILES string of the molecule is COc1cc(-c2c(O)ccc3c2CCCC3)c(Cc2ccc(OCCNCC(C)C)c(F)c2)c(N)c1OC. The Morgan fingerprint density at radius 2 is 1.82 bits per heavy atom. The first-order valence-electron chi connectivity index (χ1n) is 13.3. The Morgan fingerprint density at radius 3 is 2.53 bits per heavy atom. The maximum atomic E-state index is 15.0. The minimum absolute atomic E-state index is 0.194. The van der Waals surface area contributed by atoms with E-state index in [1.807, 2.05) is 18.2 Å². The highest BCUT2D eigenvalue weighted by Crippen LogP contribution is 2.47. The number of fused-ring (bicyclic) bond motifs is 1. The summed E-state index contributed by atoms with van der Waals surface area (Å²) in [5.41, 5.74) is 12.4. The summed E-state index contributed by atoms with van der Waals surface area (Å²) in [6.45, 7) is 6.19. The summed E-state index contributed by atoms with van der Waals surface area (Å²) >= 11 is 0. The van der Waals surface area contributed by atoms with E-state index in [4.69, 9.17) is 19.9 Å². The van der Waals surface area contributed by atoms with Gasteiger partial charge in [-0.2, -0.15) is 0 Å². The van der Waals surface area contributed by atoms with Crippen molar-refractivity contribution < 1.29 is 23.7 Å². The normalized spacial score (nSPS) is 12.9. The fraction of sp³-hybridized carbons (Fsp3) is 0.419. The average Bonchev–Trinajstić information content (AvgIpc) is 2.90. The number of nitrogen functional groups attached to an aromatic ring is 1. The first kappa shape index (κ1) is 27.6. The van der Waals surface area contributed by atoms with E-state index in [1.54, 1.807) is 26.4 Å². The van der Waals surface area contributed by atoms with Gasteiger partial charge in [-0.15, -0.1) is 0 Å². The van der Waals surface area contributed by atoms with Gasteiger partial charge in [0.25, 0.3) is 0 Å². The molecule has 0 unspecified atom stereocenters. The number of rotatable bonds is 11. The van der Waals surface area contributed by atoms with Crippen LogP contribution < -0.4 is 25.3 Å². The zero-order valence-corrected chi connectivity index (χ0v) is 22.8. The van der Waals surface area contributed by atoms with Gasteiger partial charge in [-0.1, -0.05) is 26.0 Å². The summed E-state index contributed by atoms with van der Waals surface area (Å²) in [5.74, 6) is 1.44. The van der Waals surface area contributed by atoms with E-state index < -0.39 is 5.82 Å². The summed E-state index contributed by atoms with van der Waals surface area (Å²) in [4.78, 5) is 0. The van der Waals surface area contributed by atoms with E-state index in [1.165, 1.54) is 11.6 Å². The second kappa shape index (κ2) is 12.4. The summed E-state index contributed by atoms with van der Waals surface area (Å²) in [5, 5.41) is 14.3. The Kier molecular flexibility index (Phi) is 9.00. The number of nitrogens with one attached hydrogen (secondary N) is 1. The van der Waals surface area contributed by atoms with Gasteiger partial charge in [-0.25, -0.2) is 4.39 Å². The first-order valence-corrected chi connectivity index (χ1v) is 13.3. The van der Waals surface area contributed by atoms with Crippen molar-refractivity contribution in [1.29, 1.82) is 0 Å². The molecule has 0 aliphatic heterocycles. The number of anilines is 1. The van der Waals surface area contributed by atoms with E-state index in [2.05, 4.69) is 19.2 Å². The van der Waals surface area contributed by atoms with Gasteiger partial charge in [0.2, 0.25) is 0 Å². The topological polar surface area (TPSA) is 86.0 Å². The molecule has 0 saturated carbocycles. The molecular formula is C31H39FN2O4. The van der Waals surface area contributed by atoms with Crippen LogP contribution in [-0.2, 0) is 19.3 Å². The van der Waals surface area contributed by atoms with Gasteiger partial charge in [-0.3, -0.25) is 0 Å². The fourth-order valence-electron chi connectivity index (χ4n) is 5.19. The Hall–Kier alpha value is -3.45. The maximum Gasteiger partial charge on any atom is 0.184 e. The highest BCUT2D eigenvalue weighted by Gasteiger charge is 2.25. The lowest BCUT2D eigenvalue weighted by Gasteiger charge is -2.24. The second-order valence-corrected chi connectivity index (χ2v) is 10.2. The fourth-order valence-corrected chi connectivity index (χ4v) is 5.19. The number of nitrogens with two attached hydrogens (primary N) is 1. The van der Waals surface area contributed by atoms with Gasteiger partial charge < -0.3 is 30.4 Å². The summed E-state index contributed by atoms with van der Waals surface area (Å²) < 4.78 is 31.9. The van der Waals surface area contributed by atoms with Crippen LogP contribution in [-0.4, -0.2) is 39.0 Å². The van der Waals surface area contributed by atoms with Crippen molar-refractivity contribution in [1.82, 2.24) is 5.32 Å². The highest BCUT2D eigenvalue weighted by atomic mass is 19.1. The molecule has 6 nitrogen and oxygen atoms in total. The van der Waals surface area contributed by atoms with E-state index in [-0.39, 0.29) is 11.5 Å². The quantitative estimate of drug-likeness (QED) is 0.215. The lowest BCUT2D eigenvalue weighted by atomic mass is 9.83. The largest absolute Gasteiger partial charge is 0.507 e. The average molecular weight is 523 g/mol. The molecule has 1 aliphatic carbocycles. The summed E-state index contributed by atoms with van der Waals surface area (Å²) in [7, 11) is 3.11. The minimum Gasteiger partial charge on any atom is -0.507 e. The van der Waals surface area contributed by atoms with E-state index >= 15 is 4.39 Å². The maximum absolute atomic E-state index is 15.0. The molecule has 1 aliphatic rings. The third kappa shape index (κ3) is 5.99.